The minimum absolute atomic E-state index is 0.198. The van der Waals surface area contributed by atoms with E-state index in [4.69, 9.17) is 16.3 Å². The Morgan fingerprint density at radius 2 is 1.64 bits per heavy atom. The first-order chi connectivity index (χ1) is 15.7. The van der Waals surface area contributed by atoms with Crippen molar-refractivity contribution in [3.05, 3.63) is 70.8 Å². The number of ether oxygens (including phenoxy) is 1. The second kappa shape index (κ2) is 10.8. The molecule has 0 fully saturated rings. The second-order valence-corrected chi connectivity index (χ2v) is 8.14. The molecule has 8 nitrogen and oxygen atoms in total. The van der Waals surface area contributed by atoms with Crippen molar-refractivity contribution in [3.63, 3.8) is 0 Å². The van der Waals surface area contributed by atoms with E-state index in [1.165, 1.54) is 24.3 Å². The Labute approximate surface area is 195 Å². The highest BCUT2D eigenvalue weighted by Gasteiger charge is 2.33. The third-order valence-electron chi connectivity index (χ3n) is 5.13. The number of carbonyl (C=O) groups is 4. The number of aliphatic carboxylic acids is 1. The maximum absolute atomic E-state index is 12.5. The summed E-state index contributed by atoms with van der Waals surface area (Å²) in [6, 6.07) is 11.0. The van der Waals surface area contributed by atoms with Gasteiger partial charge in [0.25, 0.3) is 5.91 Å². The number of hydrogen-bond acceptors (Lipinski definition) is 5. The zero-order chi connectivity index (χ0) is 24.0. The Morgan fingerprint density at radius 3 is 2.27 bits per heavy atom. The minimum atomic E-state index is -1.01. The lowest BCUT2D eigenvalue weighted by molar-refractivity contribution is -0.146. The molecule has 33 heavy (non-hydrogen) atoms. The summed E-state index contributed by atoms with van der Waals surface area (Å²) in [7, 11) is 0. The Balaban J connectivity index is 1.52. The SMILES string of the molecule is Cc1cc(Cl)cc(NC(=O)COC(=O)c2ccc(NC(=O)[C@H]3CC=CC[C@H]3C(=O)O)cc2)c1. The van der Waals surface area contributed by atoms with Gasteiger partial charge in [-0.2, -0.15) is 0 Å². The van der Waals surface area contributed by atoms with Crippen molar-refractivity contribution < 1.29 is 29.0 Å². The Morgan fingerprint density at radius 1 is 0.970 bits per heavy atom. The lowest BCUT2D eigenvalue weighted by Crippen LogP contribution is -2.34. The van der Waals surface area contributed by atoms with Gasteiger partial charge in [-0.05, 0) is 67.8 Å². The van der Waals surface area contributed by atoms with Crippen LogP contribution in [0.5, 0.6) is 0 Å². The Hall–Kier alpha value is -3.65. The molecule has 2 aromatic carbocycles. The number of hydrogen-bond donors (Lipinski definition) is 3. The predicted octanol–water partition coefficient (Wildman–Crippen LogP) is 4.05. The van der Waals surface area contributed by atoms with Crippen LogP contribution in [0.25, 0.3) is 0 Å². The topological polar surface area (TPSA) is 122 Å². The number of anilines is 2. The third-order valence-corrected chi connectivity index (χ3v) is 5.35. The number of rotatable bonds is 7. The van der Waals surface area contributed by atoms with Crippen LogP contribution in [-0.4, -0.2) is 35.5 Å². The summed E-state index contributed by atoms with van der Waals surface area (Å²) < 4.78 is 5.03. The molecule has 0 unspecified atom stereocenters. The average molecular weight is 471 g/mol. The van der Waals surface area contributed by atoms with E-state index in [1.807, 2.05) is 6.92 Å². The molecule has 0 radical (unpaired) electrons. The summed E-state index contributed by atoms with van der Waals surface area (Å²) in [6.07, 6.45) is 4.22. The standard InChI is InChI=1S/C24H23ClN2O6/c1-14-10-16(25)12-18(11-14)26-21(28)13-33-24(32)15-6-8-17(9-7-15)27-22(29)19-4-2-3-5-20(19)23(30)31/h2-3,6-12,19-20H,4-5,13H2,1H3,(H,26,28)(H,27,29)(H,30,31)/t19-,20+/m0/s1. The van der Waals surface area contributed by atoms with E-state index in [-0.39, 0.29) is 5.56 Å². The summed E-state index contributed by atoms with van der Waals surface area (Å²) in [6.45, 7) is 1.36. The van der Waals surface area contributed by atoms with Gasteiger partial charge in [-0.3, -0.25) is 14.4 Å². The van der Waals surface area contributed by atoms with Gasteiger partial charge in [-0.15, -0.1) is 0 Å². The number of carboxylic acids is 1. The maximum Gasteiger partial charge on any atom is 0.338 e. The van der Waals surface area contributed by atoms with Gasteiger partial charge in [-0.25, -0.2) is 4.79 Å². The van der Waals surface area contributed by atoms with E-state index in [2.05, 4.69) is 10.6 Å². The summed E-state index contributed by atoms with van der Waals surface area (Å²) in [5.74, 6) is -4.05. The smallest absolute Gasteiger partial charge is 0.338 e. The normalized spacial score (nSPS) is 17.2. The van der Waals surface area contributed by atoms with Gasteiger partial charge in [0.2, 0.25) is 5.91 Å². The van der Waals surface area contributed by atoms with Crippen LogP contribution in [0.1, 0.15) is 28.8 Å². The molecule has 0 aliphatic heterocycles. The molecule has 0 spiro atoms. The number of halogens is 1. The van der Waals surface area contributed by atoms with Crippen molar-refractivity contribution in [3.8, 4) is 0 Å². The number of benzene rings is 2. The molecule has 2 amide bonds. The van der Waals surface area contributed by atoms with Crippen molar-refractivity contribution in [2.24, 2.45) is 11.8 Å². The van der Waals surface area contributed by atoms with E-state index >= 15 is 0 Å². The van der Waals surface area contributed by atoms with Crippen molar-refractivity contribution in [1.82, 2.24) is 0 Å². The Kier molecular flexibility index (Phi) is 7.84. The number of aryl methyl sites for hydroxylation is 1. The lowest BCUT2D eigenvalue weighted by atomic mass is 9.82. The maximum atomic E-state index is 12.5. The fourth-order valence-electron chi connectivity index (χ4n) is 3.52. The molecule has 0 saturated carbocycles. The van der Waals surface area contributed by atoms with Crippen LogP contribution in [0.3, 0.4) is 0 Å². The highest BCUT2D eigenvalue weighted by Crippen LogP contribution is 2.27. The molecule has 0 heterocycles. The molecule has 3 rings (SSSR count). The number of allylic oxidation sites excluding steroid dienone is 2. The van der Waals surface area contributed by atoms with Crippen LogP contribution in [0, 0.1) is 18.8 Å². The van der Waals surface area contributed by atoms with Crippen LogP contribution >= 0.6 is 11.6 Å². The number of amides is 2. The van der Waals surface area contributed by atoms with E-state index in [9.17, 15) is 24.3 Å². The molecule has 172 valence electrons. The largest absolute Gasteiger partial charge is 0.481 e. The summed E-state index contributed by atoms with van der Waals surface area (Å²) >= 11 is 5.96. The summed E-state index contributed by atoms with van der Waals surface area (Å²) in [5.41, 5.74) is 1.99. The molecule has 0 aromatic heterocycles. The van der Waals surface area contributed by atoms with Gasteiger partial charge in [0.05, 0.1) is 17.4 Å². The number of carbonyl (C=O) groups excluding carboxylic acids is 3. The monoisotopic (exact) mass is 470 g/mol. The van der Waals surface area contributed by atoms with Gasteiger partial charge in [0.15, 0.2) is 6.61 Å². The van der Waals surface area contributed by atoms with Crippen LogP contribution in [0.2, 0.25) is 5.02 Å². The summed E-state index contributed by atoms with van der Waals surface area (Å²) in [5, 5.41) is 15.1. The van der Waals surface area contributed by atoms with Gasteiger partial charge < -0.3 is 20.5 Å². The van der Waals surface area contributed by atoms with Crippen molar-refractivity contribution in [1.29, 1.82) is 0 Å². The number of carboxylic acid groups (broad SMARTS) is 1. The fourth-order valence-corrected chi connectivity index (χ4v) is 3.81. The molecule has 3 N–H and O–H groups in total. The van der Waals surface area contributed by atoms with E-state index in [1.54, 1.807) is 30.4 Å². The number of nitrogens with one attached hydrogen (secondary N) is 2. The molecule has 0 bridgehead atoms. The lowest BCUT2D eigenvalue weighted by Gasteiger charge is -2.24. The van der Waals surface area contributed by atoms with E-state index < -0.39 is 42.2 Å². The highest BCUT2D eigenvalue weighted by molar-refractivity contribution is 6.31. The van der Waals surface area contributed by atoms with Crippen molar-refractivity contribution >= 4 is 46.7 Å². The van der Waals surface area contributed by atoms with Crippen LogP contribution < -0.4 is 10.6 Å². The molecule has 1 aliphatic carbocycles. The molecule has 2 atom stereocenters. The second-order valence-electron chi connectivity index (χ2n) is 7.70. The average Bonchev–Trinajstić information content (AvgIpc) is 2.77. The molecular weight excluding hydrogens is 448 g/mol. The zero-order valence-electron chi connectivity index (χ0n) is 17.8. The van der Waals surface area contributed by atoms with Gasteiger partial charge in [0.1, 0.15) is 0 Å². The van der Waals surface area contributed by atoms with E-state index in [0.29, 0.717) is 29.2 Å². The fraction of sp³-hybridized carbons (Fsp3) is 0.250. The highest BCUT2D eigenvalue weighted by atomic mass is 35.5. The first-order valence-corrected chi connectivity index (χ1v) is 10.6. The first kappa shape index (κ1) is 24.0. The molecule has 0 saturated heterocycles. The Bertz CT molecular complexity index is 1080. The molecule has 1 aliphatic rings. The van der Waals surface area contributed by atoms with Crippen LogP contribution in [0.15, 0.2) is 54.6 Å². The predicted molar refractivity (Wildman–Crippen MR) is 123 cm³/mol. The van der Waals surface area contributed by atoms with E-state index in [0.717, 1.165) is 5.56 Å². The quantitative estimate of drug-likeness (QED) is 0.414. The van der Waals surface area contributed by atoms with Crippen LogP contribution in [0.4, 0.5) is 11.4 Å². The van der Waals surface area contributed by atoms with Crippen molar-refractivity contribution in [2.75, 3.05) is 17.2 Å². The number of esters is 1. The summed E-state index contributed by atoms with van der Waals surface area (Å²) in [4.78, 5) is 48.2. The molecule has 9 heteroatoms. The van der Waals surface area contributed by atoms with Gasteiger partial charge in [0, 0.05) is 16.4 Å². The first-order valence-electron chi connectivity index (χ1n) is 10.3. The van der Waals surface area contributed by atoms with Gasteiger partial charge >= 0.3 is 11.9 Å². The van der Waals surface area contributed by atoms with Crippen molar-refractivity contribution in [2.45, 2.75) is 19.8 Å². The molecular formula is C24H23ClN2O6. The minimum Gasteiger partial charge on any atom is -0.481 e. The third kappa shape index (κ3) is 6.66. The van der Waals surface area contributed by atoms with Gasteiger partial charge in [-0.1, -0.05) is 23.8 Å². The molecule has 2 aromatic rings. The zero-order valence-corrected chi connectivity index (χ0v) is 18.6. The van der Waals surface area contributed by atoms with Crippen LogP contribution in [-0.2, 0) is 19.1 Å².